The molecule has 0 amide bonds. The minimum Gasteiger partial charge on any atom is -0.492 e. The van der Waals surface area contributed by atoms with Crippen LogP contribution < -0.4 is 10.1 Å². The molecule has 1 unspecified atom stereocenters. The summed E-state index contributed by atoms with van der Waals surface area (Å²) in [4.78, 5) is 0. The fraction of sp³-hybridized carbons (Fsp3) is 0.500. The Morgan fingerprint density at radius 2 is 2.38 bits per heavy atom. The second kappa shape index (κ2) is 5.15. The molecule has 88 valence electrons. The Morgan fingerprint density at radius 3 is 3.12 bits per heavy atom. The number of hydrogen-bond donors (Lipinski definition) is 1. The minimum absolute atomic E-state index is 0.0556. The summed E-state index contributed by atoms with van der Waals surface area (Å²) in [6.45, 7) is 3.51. The second-order valence-corrected chi connectivity index (χ2v) is 4.73. The zero-order valence-corrected chi connectivity index (χ0v) is 10.8. The van der Waals surface area contributed by atoms with E-state index in [0.29, 0.717) is 17.9 Å². The summed E-state index contributed by atoms with van der Waals surface area (Å²) in [6.07, 6.45) is 1.85. The van der Waals surface area contributed by atoms with E-state index in [4.69, 9.17) is 4.74 Å². The van der Waals surface area contributed by atoms with Crippen molar-refractivity contribution in [2.45, 2.75) is 25.8 Å². The molecule has 4 heteroatoms. The van der Waals surface area contributed by atoms with Gasteiger partial charge in [-0.1, -0.05) is 6.92 Å². The van der Waals surface area contributed by atoms with E-state index in [1.807, 2.05) is 6.92 Å². The van der Waals surface area contributed by atoms with Crippen molar-refractivity contribution in [1.82, 2.24) is 5.32 Å². The lowest BCUT2D eigenvalue weighted by atomic mass is 10.0. The highest BCUT2D eigenvalue weighted by Crippen LogP contribution is 2.38. The van der Waals surface area contributed by atoms with E-state index in [2.05, 4.69) is 21.2 Å². The predicted molar refractivity (Wildman–Crippen MR) is 65.2 cm³/mol. The van der Waals surface area contributed by atoms with Crippen LogP contribution in [-0.2, 0) is 0 Å². The van der Waals surface area contributed by atoms with Crippen LogP contribution in [0.4, 0.5) is 4.39 Å². The molecule has 0 fully saturated rings. The van der Waals surface area contributed by atoms with Gasteiger partial charge in [0.1, 0.15) is 11.6 Å². The number of hydrogen-bond acceptors (Lipinski definition) is 2. The minimum atomic E-state index is -0.189. The highest BCUT2D eigenvalue weighted by molar-refractivity contribution is 9.10. The third-order valence-corrected chi connectivity index (χ3v) is 3.40. The third kappa shape index (κ3) is 2.23. The van der Waals surface area contributed by atoms with Gasteiger partial charge in [0.25, 0.3) is 0 Å². The average Bonchev–Trinajstić information content (AvgIpc) is 2.48. The Morgan fingerprint density at radius 1 is 1.56 bits per heavy atom. The summed E-state index contributed by atoms with van der Waals surface area (Å²) >= 11 is 3.41. The van der Waals surface area contributed by atoms with Gasteiger partial charge >= 0.3 is 0 Å². The van der Waals surface area contributed by atoms with Gasteiger partial charge < -0.3 is 10.1 Å². The van der Waals surface area contributed by atoms with Gasteiger partial charge in [-0.15, -0.1) is 0 Å². The van der Waals surface area contributed by atoms with E-state index >= 15 is 0 Å². The summed E-state index contributed by atoms with van der Waals surface area (Å²) in [5.41, 5.74) is 0.661. The Labute approximate surface area is 103 Å². The highest BCUT2D eigenvalue weighted by Gasteiger charge is 2.24. The van der Waals surface area contributed by atoms with Gasteiger partial charge in [-0.2, -0.15) is 0 Å². The molecule has 0 aliphatic carbocycles. The molecule has 1 aromatic carbocycles. The molecule has 0 saturated heterocycles. The lowest BCUT2D eigenvalue weighted by Crippen LogP contribution is -2.21. The second-order valence-electron chi connectivity index (χ2n) is 3.87. The van der Waals surface area contributed by atoms with Crippen molar-refractivity contribution >= 4 is 15.9 Å². The van der Waals surface area contributed by atoms with Crippen LogP contribution >= 0.6 is 15.9 Å². The first-order chi connectivity index (χ1) is 7.74. The van der Waals surface area contributed by atoms with Gasteiger partial charge in [-0.05, 0) is 47.4 Å². The number of halogens is 2. The fourth-order valence-electron chi connectivity index (χ4n) is 2.08. The number of nitrogens with one attached hydrogen (secondary N) is 1. The van der Waals surface area contributed by atoms with Crippen LogP contribution in [0.1, 0.15) is 31.4 Å². The SMILES string of the molecule is CCNC1CCCOc2c(Br)ccc(F)c21. The van der Waals surface area contributed by atoms with E-state index in [9.17, 15) is 4.39 Å². The number of ether oxygens (including phenoxy) is 1. The molecular formula is C12H15BrFNO. The molecule has 1 N–H and O–H groups in total. The molecule has 1 atom stereocenters. The largest absolute Gasteiger partial charge is 0.492 e. The standard InChI is InChI=1S/C12H15BrFNO/c1-2-15-10-4-3-7-16-12-8(13)5-6-9(14)11(10)12/h5-6,10,15H,2-4,7H2,1H3. The molecule has 1 heterocycles. The Hall–Kier alpha value is -0.610. The topological polar surface area (TPSA) is 21.3 Å². The molecule has 0 spiro atoms. The monoisotopic (exact) mass is 287 g/mol. The van der Waals surface area contributed by atoms with Crippen molar-refractivity contribution in [2.24, 2.45) is 0 Å². The number of benzene rings is 1. The van der Waals surface area contributed by atoms with E-state index < -0.39 is 0 Å². The molecule has 0 aromatic heterocycles. The van der Waals surface area contributed by atoms with Crippen LogP contribution in [0.5, 0.6) is 5.75 Å². The maximum Gasteiger partial charge on any atom is 0.141 e. The zero-order valence-electron chi connectivity index (χ0n) is 9.22. The maximum absolute atomic E-state index is 13.9. The quantitative estimate of drug-likeness (QED) is 0.900. The Kier molecular flexibility index (Phi) is 3.82. The van der Waals surface area contributed by atoms with Crippen molar-refractivity contribution in [3.8, 4) is 5.75 Å². The summed E-state index contributed by atoms with van der Waals surface area (Å²) in [5.74, 6) is 0.467. The van der Waals surface area contributed by atoms with Gasteiger partial charge in [0, 0.05) is 11.6 Å². The fourth-order valence-corrected chi connectivity index (χ4v) is 2.54. The molecule has 1 aliphatic heterocycles. The van der Waals surface area contributed by atoms with Gasteiger partial charge in [-0.25, -0.2) is 4.39 Å². The van der Waals surface area contributed by atoms with Crippen molar-refractivity contribution in [1.29, 1.82) is 0 Å². The van der Waals surface area contributed by atoms with Gasteiger partial charge in [0.15, 0.2) is 0 Å². The predicted octanol–water partition coefficient (Wildman–Crippen LogP) is 3.41. The van der Waals surface area contributed by atoms with Crippen LogP contribution in [-0.4, -0.2) is 13.2 Å². The van der Waals surface area contributed by atoms with E-state index in [1.54, 1.807) is 6.07 Å². The molecule has 0 saturated carbocycles. The molecule has 16 heavy (non-hydrogen) atoms. The van der Waals surface area contributed by atoms with Crippen molar-refractivity contribution in [2.75, 3.05) is 13.2 Å². The Bertz CT molecular complexity index is 384. The normalized spacial score (nSPS) is 19.8. The van der Waals surface area contributed by atoms with E-state index in [0.717, 1.165) is 23.9 Å². The Balaban J connectivity index is 2.46. The molecule has 1 aliphatic rings. The highest BCUT2D eigenvalue weighted by atomic mass is 79.9. The first-order valence-corrected chi connectivity index (χ1v) is 6.37. The first-order valence-electron chi connectivity index (χ1n) is 5.58. The smallest absolute Gasteiger partial charge is 0.141 e. The van der Waals surface area contributed by atoms with Crippen molar-refractivity contribution in [3.05, 3.63) is 28.0 Å². The van der Waals surface area contributed by atoms with E-state index in [-0.39, 0.29) is 11.9 Å². The number of rotatable bonds is 2. The molecule has 1 aromatic rings. The van der Waals surface area contributed by atoms with Crippen LogP contribution in [0.2, 0.25) is 0 Å². The molecule has 0 bridgehead atoms. The molecule has 2 rings (SSSR count). The lowest BCUT2D eigenvalue weighted by Gasteiger charge is -2.18. The van der Waals surface area contributed by atoms with Crippen LogP contribution in [0, 0.1) is 5.82 Å². The van der Waals surface area contributed by atoms with Crippen molar-refractivity contribution in [3.63, 3.8) is 0 Å². The molecule has 2 nitrogen and oxygen atoms in total. The molecule has 0 radical (unpaired) electrons. The zero-order chi connectivity index (χ0) is 11.5. The van der Waals surface area contributed by atoms with Gasteiger partial charge in [-0.3, -0.25) is 0 Å². The summed E-state index contributed by atoms with van der Waals surface area (Å²) in [5, 5.41) is 3.31. The van der Waals surface area contributed by atoms with Crippen LogP contribution in [0.3, 0.4) is 0 Å². The van der Waals surface area contributed by atoms with Crippen LogP contribution in [0.25, 0.3) is 0 Å². The first kappa shape index (κ1) is 11.9. The summed E-state index contributed by atoms with van der Waals surface area (Å²) < 4.78 is 20.3. The van der Waals surface area contributed by atoms with Crippen LogP contribution in [0.15, 0.2) is 16.6 Å². The summed E-state index contributed by atoms with van der Waals surface area (Å²) in [6, 6.07) is 3.24. The van der Waals surface area contributed by atoms with E-state index in [1.165, 1.54) is 6.07 Å². The van der Waals surface area contributed by atoms with Crippen molar-refractivity contribution < 1.29 is 9.13 Å². The molecular weight excluding hydrogens is 273 g/mol. The average molecular weight is 288 g/mol. The number of fused-ring (bicyclic) bond motifs is 1. The third-order valence-electron chi connectivity index (χ3n) is 2.78. The lowest BCUT2D eigenvalue weighted by molar-refractivity contribution is 0.313. The summed E-state index contributed by atoms with van der Waals surface area (Å²) in [7, 11) is 0. The van der Waals surface area contributed by atoms with Gasteiger partial charge in [0.05, 0.1) is 11.1 Å². The van der Waals surface area contributed by atoms with Gasteiger partial charge in [0.2, 0.25) is 0 Å². The maximum atomic E-state index is 13.9.